The highest BCUT2D eigenvalue weighted by molar-refractivity contribution is 6.28. The smallest absolute Gasteiger partial charge is 0.407 e. The first-order valence-electron chi connectivity index (χ1n) is 11.4. The van der Waals surface area contributed by atoms with Gasteiger partial charge in [-0.1, -0.05) is 12.1 Å². The minimum Gasteiger partial charge on any atom is -0.444 e. The van der Waals surface area contributed by atoms with Crippen molar-refractivity contribution in [2.45, 2.75) is 77.6 Å². The summed E-state index contributed by atoms with van der Waals surface area (Å²) in [6.45, 7) is 7.38. The van der Waals surface area contributed by atoms with Crippen LogP contribution in [-0.4, -0.2) is 39.8 Å². The molecule has 1 aromatic heterocycles. The number of hydrogen-bond donors (Lipinski definition) is 1. The van der Waals surface area contributed by atoms with Crippen molar-refractivity contribution in [1.82, 2.24) is 15.3 Å². The minimum absolute atomic E-state index is 0.0485. The molecule has 0 radical (unpaired) electrons. The lowest BCUT2D eigenvalue weighted by Gasteiger charge is -2.42. The maximum absolute atomic E-state index is 14.8. The second-order valence-corrected chi connectivity index (χ2v) is 10.1. The van der Waals surface area contributed by atoms with E-state index in [-0.39, 0.29) is 35.6 Å². The lowest BCUT2D eigenvalue weighted by atomic mass is 9.89. The number of fused-ring (bicyclic) bond motifs is 1. The van der Waals surface area contributed by atoms with E-state index in [9.17, 15) is 14.0 Å². The summed E-state index contributed by atoms with van der Waals surface area (Å²) in [6, 6.07) is 4.17. The molecule has 2 aliphatic rings. The number of aryl methyl sites for hydroxylation is 1. The van der Waals surface area contributed by atoms with E-state index in [4.69, 9.17) is 16.3 Å². The summed E-state index contributed by atoms with van der Waals surface area (Å²) in [5.74, 6) is -0.00399. The molecule has 2 heterocycles. The number of rotatable bonds is 3. The molecule has 2 aromatic rings. The molecule has 0 spiro atoms. The molecule has 4 rings (SSSR count). The fraction of sp³-hybridized carbons (Fsp3) is 0.500. The molecule has 34 heavy (non-hydrogen) atoms. The Hall–Kier alpha value is -2.94. The third-order valence-electron chi connectivity index (χ3n) is 6.05. The number of carbonyl (C=O) groups excluding carboxylic acids is 2. The minimum atomic E-state index is -0.571. The Morgan fingerprint density at radius 3 is 2.59 bits per heavy atom. The van der Waals surface area contributed by atoms with E-state index >= 15 is 0 Å². The molecule has 182 valence electrons. The first-order valence-corrected chi connectivity index (χ1v) is 11.8. The van der Waals surface area contributed by atoms with Crippen LogP contribution in [0.5, 0.6) is 0 Å². The van der Waals surface area contributed by atoms with Crippen LogP contribution in [0.1, 0.15) is 57.6 Å². The first kappa shape index (κ1) is 24.2. The van der Waals surface area contributed by atoms with Gasteiger partial charge in [-0.25, -0.2) is 19.0 Å². The summed E-state index contributed by atoms with van der Waals surface area (Å²) < 4.78 is 20.1. The van der Waals surface area contributed by atoms with Crippen molar-refractivity contribution >= 4 is 35.2 Å². The average Bonchev–Trinajstić information content (AvgIpc) is 2.74. The number of urea groups is 1. The highest BCUT2D eigenvalue weighted by atomic mass is 35.5. The number of alkyl carbamates (subject to hydrolysis) is 1. The van der Waals surface area contributed by atoms with Crippen LogP contribution in [0.15, 0.2) is 24.4 Å². The van der Waals surface area contributed by atoms with E-state index < -0.39 is 17.5 Å². The number of carbonyl (C=O) groups is 2. The third-order valence-corrected chi connectivity index (χ3v) is 6.23. The lowest BCUT2D eigenvalue weighted by Crippen LogP contribution is -2.54. The molecular formula is C24H29ClFN5O3. The van der Waals surface area contributed by atoms with Gasteiger partial charge in [-0.15, -0.1) is 0 Å². The fourth-order valence-electron chi connectivity index (χ4n) is 4.58. The molecular weight excluding hydrogens is 461 g/mol. The zero-order valence-corrected chi connectivity index (χ0v) is 20.5. The second kappa shape index (κ2) is 9.37. The van der Waals surface area contributed by atoms with Crippen LogP contribution in [0.2, 0.25) is 5.28 Å². The standard InChI is InChI=1S/C24H29ClFN5O3/c1-14-6-5-7-18(26)19(14)30-13-15-12-27-21(25)29-20(15)31(23(30)33)17-10-8-16(9-11-17)28-22(32)34-24(2,3)4/h5-7,12,16-17H,8-11,13H2,1-4H3,(H,28,32)/t16-,17+. The van der Waals surface area contributed by atoms with Crippen LogP contribution in [0, 0.1) is 12.7 Å². The third kappa shape index (κ3) is 5.09. The quantitative estimate of drug-likeness (QED) is 0.586. The highest BCUT2D eigenvalue weighted by Gasteiger charge is 2.40. The molecule has 1 saturated carbocycles. The monoisotopic (exact) mass is 489 g/mol. The van der Waals surface area contributed by atoms with Crippen molar-refractivity contribution in [1.29, 1.82) is 0 Å². The van der Waals surface area contributed by atoms with E-state index in [1.165, 1.54) is 11.0 Å². The van der Waals surface area contributed by atoms with Crippen LogP contribution in [0.25, 0.3) is 0 Å². The second-order valence-electron chi connectivity index (χ2n) is 9.78. The Morgan fingerprint density at radius 2 is 1.94 bits per heavy atom. The van der Waals surface area contributed by atoms with E-state index in [0.29, 0.717) is 42.6 Å². The van der Waals surface area contributed by atoms with Gasteiger partial charge in [0.15, 0.2) is 0 Å². The number of halogens is 2. The van der Waals surface area contributed by atoms with E-state index in [1.807, 2.05) is 20.8 Å². The molecule has 0 bridgehead atoms. The van der Waals surface area contributed by atoms with Crippen molar-refractivity contribution in [2.75, 3.05) is 9.80 Å². The summed E-state index contributed by atoms with van der Waals surface area (Å²) in [4.78, 5) is 37.3. The Bertz CT molecular complexity index is 1080. The molecule has 3 amide bonds. The highest BCUT2D eigenvalue weighted by Crippen LogP contribution is 2.37. The van der Waals surface area contributed by atoms with Crippen molar-refractivity contribution < 1.29 is 18.7 Å². The number of benzene rings is 1. The molecule has 0 saturated heterocycles. The molecule has 1 aliphatic carbocycles. The predicted molar refractivity (Wildman–Crippen MR) is 128 cm³/mol. The molecule has 0 atom stereocenters. The van der Waals surface area contributed by atoms with Gasteiger partial charge in [-0.2, -0.15) is 4.98 Å². The van der Waals surface area contributed by atoms with Gasteiger partial charge < -0.3 is 10.1 Å². The summed E-state index contributed by atoms with van der Waals surface area (Å²) in [5, 5.41) is 2.97. The van der Waals surface area contributed by atoms with Crippen molar-refractivity contribution in [2.24, 2.45) is 0 Å². The van der Waals surface area contributed by atoms with Gasteiger partial charge >= 0.3 is 12.1 Å². The van der Waals surface area contributed by atoms with Crippen molar-refractivity contribution in [3.8, 4) is 0 Å². The number of nitrogens with one attached hydrogen (secondary N) is 1. The summed E-state index contributed by atoms with van der Waals surface area (Å²) in [5.41, 5.74) is 1.04. The topological polar surface area (TPSA) is 87.7 Å². The van der Waals surface area contributed by atoms with Gasteiger partial charge in [0.1, 0.15) is 17.2 Å². The maximum atomic E-state index is 14.8. The first-order chi connectivity index (χ1) is 16.0. The van der Waals surface area contributed by atoms with E-state index in [1.54, 1.807) is 30.2 Å². The molecule has 8 nitrogen and oxygen atoms in total. The number of amides is 3. The van der Waals surface area contributed by atoms with Crippen LogP contribution in [0.3, 0.4) is 0 Å². The molecule has 0 unspecified atom stereocenters. The molecule has 10 heteroatoms. The summed E-state index contributed by atoms with van der Waals surface area (Å²) >= 11 is 6.07. The largest absolute Gasteiger partial charge is 0.444 e. The average molecular weight is 490 g/mol. The Labute approximate surface area is 203 Å². The van der Waals surface area contributed by atoms with Crippen LogP contribution in [-0.2, 0) is 11.3 Å². The van der Waals surface area contributed by atoms with Gasteiger partial charge in [-0.3, -0.25) is 9.80 Å². The number of hydrogen-bond acceptors (Lipinski definition) is 5. The number of para-hydroxylation sites is 1. The van der Waals surface area contributed by atoms with Gasteiger partial charge in [0.2, 0.25) is 5.28 Å². The van der Waals surface area contributed by atoms with E-state index in [0.717, 1.165) is 0 Å². The SMILES string of the molecule is Cc1cccc(F)c1N1Cc2cnc(Cl)nc2N([C@H]2CC[C@@H](NC(=O)OC(C)(C)C)CC2)C1=O. The van der Waals surface area contributed by atoms with Gasteiger partial charge in [-0.05, 0) is 76.6 Å². The van der Waals surface area contributed by atoms with Gasteiger partial charge in [0.05, 0.1) is 12.2 Å². The number of nitrogens with zero attached hydrogens (tertiary/aromatic N) is 4. The van der Waals surface area contributed by atoms with Gasteiger partial charge in [0, 0.05) is 23.8 Å². The van der Waals surface area contributed by atoms with Gasteiger partial charge in [0.25, 0.3) is 0 Å². The normalized spacial score (nSPS) is 20.7. The Kier molecular flexibility index (Phi) is 6.66. The fourth-order valence-corrected chi connectivity index (χ4v) is 4.71. The summed E-state index contributed by atoms with van der Waals surface area (Å²) in [7, 11) is 0. The van der Waals surface area contributed by atoms with Crippen LogP contribution in [0.4, 0.5) is 25.5 Å². The molecule has 1 N–H and O–H groups in total. The number of aromatic nitrogens is 2. The van der Waals surface area contributed by atoms with Crippen molar-refractivity contribution in [3.05, 3.63) is 46.6 Å². The zero-order valence-electron chi connectivity index (χ0n) is 19.8. The predicted octanol–water partition coefficient (Wildman–Crippen LogP) is 5.36. The van der Waals surface area contributed by atoms with E-state index in [2.05, 4.69) is 15.3 Å². The molecule has 1 fully saturated rings. The molecule has 1 aliphatic heterocycles. The Balaban J connectivity index is 1.57. The van der Waals surface area contributed by atoms with Crippen molar-refractivity contribution in [3.63, 3.8) is 0 Å². The zero-order chi connectivity index (χ0) is 24.6. The van der Waals surface area contributed by atoms with Crippen LogP contribution >= 0.6 is 11.6 Å². The lowest BCUT2D eigenvalue weighted by molar-refractivity contribution is 0.0491. The summed E-state index contributed by atoms with van der Waals surface area (Å²) in [6.07, 6.45) is 3.75. The van der Waals surface area contributed by atoms with Crippen LogP contribution < -0.4 is 15.1 Å². The number of ether oxygens (including phenoxy) is 1. The molecule has 1 aromatic carbocycles. The number of anilines is 2. The Morgan fingerprint density at radius 1 is 1.24 bits per heavy atom. The maximum Gasteiger partial charge on any atom is 0.407 e.